The Bertz CT molecular complexity index is 1000. The third kappa shape index (κ3) is 4.32. The average molecular weight is 403 g/mol. The smallest absolute Gasteiger partial charge is 0.293 e. The molecule has 1 aliphatic heterocycles. The summed E-state index contributed by atoms with van der Waals surface area (Å²) in [4.78, 5) is 40.5. The molecule has 138 valence electrons. The van der Waals surface area contributed by atoms with Crippen LogP contribution < -0.4 is 5.32 Å². The molecule has 0 spiro atoms. The fourth-order valence-corrected chi connectivity index (χ4v) is 3.49. The zero-order valence-electron chi connectivity index (χ0n) is 13.9. The second-order valence-electron chi connectivity index (χ2n) is 5.52. The Kier molecular flexibility index (Phi) is 5.82. The van der Waals surface area contributed by atoms with E-state index in [1.54, 1.807) is 30.5 Å². The number of nitrogens with one attached hydrogen (secondary N) is 2. The highest BCUT2D eigenvalue weighted by molar-refractivity contribution is 8.18. The number of hydrogen-bond acceptors (Lipinski definition) is 5. The van der Waals surface area contributed by atoms with E-state index < -0.39 is 22.9 Å². The number of imide groups is 1. The summed E-state index contributed by atoms with van der Waals surface area (Å²) in [5.74, 6) is -1.39. The number of aromatic amines is 1. The number of carbonyl (C=O) groups excluding carboxylic acids is 3. The number of nitrogens with zero attached hydrogens (tertiary/aromatic N) is 1. The maximum absolute atomic E-state index is 13.7. The predicted octanol–water partition coefficient (Wildman–Crippen LogP) is 3.35. The minimum Gasteiger partial charge on any atom is -0.352 e. The van der Waals surface area contributed by atoms with Gasteiger partial charge in [0.05, 0.1) is 10.5 Å². The van der Waals surface area contributed by atoms with Gasteiger partial charge in [0.25, 0.3) is 17.1 Å². The van der Waals surface area contributed by atoms with Crippen molar-refractivity contribution < 1.29 is 18.8 Å². The Hall–Kier alpha value is -2.78. The minimum absolute atomic E-state index is 0.00826. The topological polar surface area (TPSA) is 82.3 Å². The van der Waals surface area contributed by atoms with Crippen LogP contribution in [-0.2, 0) is 4.79 Å². The van der Waals surface area contributed by atoms with Crippen LogP contribution in [0.2, 0.25) is 0 Å². The Morgan fingerprint density at radius 3 is 2.78 bits per heavy atom. The van der Waals surface area contributed by atoms with Crippen molar-refractivity contribution in [1.29, 1.82) is 0 Å². The molecule has 0 atom stereocenters. The van der Waals surface area contributed by atoms with Gasteiger partial charge in [0.15, 0.2) is 0 Å². The zero-order chi connectivity index (χ0) is 19.4. The molecule has 27 heavy (non-hydrogen) atoms. The lowest BCUT2D eigenvalue weighted by Gasteiger charge is -2.13. The van der Waals surface area contributed by atoms with Crippen molar-refractivity contribution in [3.05, 3.63) is 69.1 Å². The van der Waals surface area contributed by atoms with Gasteiger partial charge in [0.2, 0.25) is 0 Å². The van der Waals surface area contributed by atoms with Crippen LogP contribution >= 0.6 is 24.0 Å². The van der Waals surface area contributed by atoms with Gasteiger partial charge in [-0.15, -0.1) is 0 Å². The third-order valence-corrected chi connectivity index (χ3v) is 4.99. The number of benzene rings is 1. The van der Waals surface area contributed by atoms with E-state index in [0.29, 0.717) is 10.2 Å². The van der Waals surface area contributed by atoms with Crippen molar-refractivity contribution in [2.24, 2.45) is 0 Å². The fourth-order valence-electron chi connectivity index (χ4n) is 2.40. The summed E-state index contributed by atoms with van der Waals surface area (Å²) < 4.78 is 14.0. The number of halogens is 1. The Morgan fingerprint density at radius 2 is 2.04 bits per heavy atom. The maximum atomic E-state index is 13.7. The van der Waals surface area contributed by atoms with E-state index in [9.17, 15) is 18.8 Å². The molecule has 0 bridgehead atoms. The van der Waals surface area contributed by atoms with Gasteiger partial charge in [0.1, 0.15) is 10.5 Å². The lowest BCUT2D eigenvalue weighted by Crippen LogP contribution is -2.37. The minimum atomic E-state index is -0.514. The lowest BCUT2D eigenvalue weighted by molar-refractivity contribution is -0.122. The van der Waals surface area contributed by atoms with E-state index in [-0.39, 0.29) is 23.6 Å². The van der Waals surface area contributed by atoms with Crippen LogP contribution in [0.4, 0.5) is 9.18 Å². The van der Waals surface area contributed by atoms with Gasteiger partial charge in [-0.1, -0.05) is 30.4 Å². The normalized spacial score (nSPS) is 15.4. The van der Waals surface area contributed by atoms with Crippen LogP contribution in [0.1, 0.15) is 15.9 Å². The van der Waals surface area contributed by atoms with Crippen molar-refractivity contribution in [3.63, 3.8) is 0 Å². The molecule has 6 nitrogen and oxygen atoms in total. The number of aromatic nitrogens is 1. The Balaban J connectivity index is 1.63. The van der Waals surface area contributed by atoms with Gasteiger partial charge in [-0.05, 0) is 36.0 Å². The second kappa shape index (κ2) is 8.28. The molecule has 2 N–H and O–H groups in total. The van der Waals surface area contributed by atoms with Crippen molar-refractivity contribution in [1.82, 2.24) is 15.2 Å². The maximum Gasteiger partial charge on any atom is 0.293 e. The summed E-state index contributed by atoms with van der Waals surface area (Å²) in [5, 5.41) is 2.16. The number of pyridine rings is 1. The summed E-state index contributed by atoms with van der Waals surface area (Å²) in [5.41, 5.74) is 0.538. The van der Waals surface area contributed by atoms with Crippen LogP contribution in [0.25, 0.3) is 6.08 Å². The molecule has 2 heterocycles. The van der Waals surface area contributed by atoms with Crippen LogP contribution in [0.15, 0.2) is 47.5 Å². The number of rotatable bonds is 5. The standard InChI is InChI=1S/C18H14FN3O3S2/c19-13-6-2-1-4-11(13)10-14-17(24)22(18(25)27-14)9-8-20-15(23)12-5-3-7-21-16(12)26/h1-7,10H,8-9H2,(H,20,23)(H,21,26)/b14-10-. The monoisotopic (exact) mass is 403 g/mol. The number of amides is 3. The van der Waals surface area contributed by atoms with E-state index in [1.807, 2.05) is 0 Å². The van der Waals surface area contributed by atoms with Crippen molar-refractivity contribution in [2.75, 3.05) is 13.1 Å². The summed E-state index contributed by atoms with van der Waals surface area (Å²) in [6.45, 7) is 0.0852. The average Bonchev–Trinajstić information content (AvgIpc) is 2.91. The van der Waals surface area contributed by atoms with E-state index in [4.69, 9.17) is 12.2 Å². The molecule has 1 aliphatic rings. The summed E-state index contributed by atoms with van der Waals surface area (Å²) >= 11 is 5.78. The second-order valence-corrected chi connectivity index (χ2v) is 6.93. The zero-order valence-corrected chi connectivity index (χ0v) is 15.5. The molecule has 1 aromatic heterocycles. The van der Waals surface area contributed by atoms with Gasteiger partial charge in [-0.2, -0.15) is 0 Å². The number of hydrogen-bond donors (Lipinski definition) is 2. The number of carbonyl (C=O) groups is 3. The fraction of sp³-hybridized carbons (Fsp3) is 0.111. The highest BCUT2D eigenvalue weighted by atomic mass is 32.2. The van der Waals surface area contributed by atoms with E-state index >= 15 is 0 Å². The SMILES string of the molecule is O=C(NCCN1C(=O)S/C(=C\c2ccccc2F)C1=O)c1ccc[nH]c1=S. The molecule has 1 saturated heterocycles. The summed E-state index contributed by atoms with van der Waals surface area (Å²) in [6, 6.07) is 9.20. The third-order valence-electron chi connectivity index (χ3n) is 3.75. The van der Waals surface area contributed by atoms with E-state index in [1.165, 1.54) is 18.2 Å². The van der Waals surface area contributed by atoms with E-state index in [0.717, 1.165) is 16.7 Å². The van der Waals surface area contributed by atoms with Gasteiger partial charge < -0.3 is 10.3 Å². The largest absolute Gasteiger partial charge is 0.352 e. The highest BCUT2D eigenvalue weighted by Gasteiger charge is 2.34. The van der Waals surface area contributed by atoms with Gasteiger partial charge in [-0.3, -0.25) is 19.3 Å². The molecule has 0 aliphatic carbocycles. The molecule has 9 heteroatoms. The quantitative estimate of drug-likeness (QED) is 0.591. The molecular weight excluding hydrogens is 389 g/mol. The molecule has 0 radical (unpaired) electrons. The van der Waals surface area contributed by atoms with Crippen LogP contribution in [0.5, 0.6) is 0 Å². The first-order valence-corrected chi connectivity index (χ1v) is 9.15. The van der Waals surface area contributed by atoms with Gasteiger partial charge >= 0.3 is 0 Å². The molecule has 2 aromatic rings. The molecule has 0 unspecified atom stereocenters. The van der Waals surface area contributed by atoms with Gasteiger partial charge in [0, 0.05) is 24.8 Å². The Labute approximate surface area is 163 Å². The van der Waals surface area contributed by atoms with Crippen molar-refractivity contribution in [3.8, 4) is 0 Å². The molecular formula is C18H14FN3O3S2. The number of thioether (sulfide) groups is 1. The molecule has 3 rings (SSSR count). The summed E-state index contributed by atoms with van der Waals surface area (Å²) in [7, 11) is 0. The number of H-pyrrole nitrogens is 1. The van der Waals surface area contributed by atoms with Crippen molar-refractivity contribution >= 4 is 47.1 Å². The first kappa shape index (κ1) is 19.0. The van der Waals surface area contributed by atoms with Crippen LogP contribution in [0.3, 0.4) is 0 Å². The highest BCUT2D eigenvalue weighted by Crippen LogP contribution is 2.32. The first-order valence-electron chi connectivity index (χ1n) is 7.93. The first-order chi connectivity index (χ1) is 13.0. The molecule has 0 saturated carbocycles. The molecule has 3 amide bonds. The summed E-state index contributed by atoms with van der Waals surface area (Å²) in [6.07, 6.45) is 2.96. The van der Waals surface area contributed by atoms with Crippen LogP contribution in [0, 0.1) is 10.5 Å². The Morgan fingerprint density at radius 1 is 1.26 bits per heavy atom. The van der Waals surface area contributed by atoms with Gasteiger partial charge in [-0.25, -0.2) is 4.39 Å². The lowest BCUT2D eigenvalue weighted by atomic mass is 10.2. The molecule has 1 fully saturated rings. The van der Waals surface area contributed by atoms with E-state index in [2.05, 4.69) is 10.3 Å². The van der Waals surface area contributed by atoms with Crippen molar-refractivity contribution in [2.45, 2.75) is 0 Å². The predicted molar refractivity (Wildman–Crippen MR) is 103 cm³/mol. The molecule has 1 aromatic carbocycles. The van der Waals surface area contributed by atoms with Crippen LogP contribution in [-0.4, -0.2) is 40.0 Å².